The van der Waals surface area contributed by atoms with Gasteiger partial charge in [0.2, 0.25) is 0 Å². The average molecular weight is 315 g/mol. The van der Waals surface area contributed by atoms with E-state index in [0.29, 0.717) is 11.5 Å². The smallest absolute Gasteiger partial charge is 0.287 e. The Morgan fingerprint density at radius 3 is 2.52 bits per heavy atom. The molecule has 1 aromatic carbocycles. The van der Waals surface area contributed by atoms with Crippen LogP contribution < -0.4 is 15.0 Å². The second kappa shape index (κ2) is 7.09. The van der Waals surface area contributed by atoms with Crippen LogP contribution in [0.25, 0.3) is 0 Å². The van der Waals surface area contributed by atoms with Gasteiger partial charge in [-0.25, -0.2) is 0 Å². The summed E-state index contributed by atoms with van der Waals surface area (Å²) in [6, 6.07) is 9.48. The number of methoxy groups -OCH3 is 1. The largest absolute Gasteiger partial charge is 0.497 e. The molecule has 0 saturated heterocycles. The van der Waals surface area contributed by atoms with Gasteiger partial charge in [-0.3, -0.25) is 14.9 Å². The fourth-order valence-electron chi connectivity index (χ4n) is 1.90. The summed E-state index contributed by atoms with van der Waals surface area (Å²) in [5.74, 6) is 1.26. The van der Waals surface area contributed by atoms with Gasteiger partial charge in [0.25, 0.3) is 11.2 Å². The van der Waals surface area contributed by atoms with Crippen LogP contribution in [0.3, 0.4) is 0 Å². The van der Waals surface area contributed by atoms with E-state index in [1.165, 1.54) is 0 Å². The third kappa shape index (κ3) is 3.85. The Morgan fingerprint density at radius 2 is 1.96 bits per heavy atom. The van der Waals surface area contributed by atoms with Gasteiger partial charge in [0.05, 0.1) is 24.8 Å². The van der Waals surface area contributed by atoms with Gasteiger partial charge in [-0.15, -0.1) is 0 Å². The van der Waals surface area contributed by atoms with Crippen LogP contribution in [-0.4, -0.2) is 23.2 Å². The van der Waals surface area contributed by atoms with E-state index in [2.05, 4.69) is 0 Å². The molecule has 0 fully saturated rings. The van der Waals surface area contributed by atoms with Crippen molar-refractivity contribution in [2.75, 3.05) is 13.7 Å². The van der Waals surface area contributed by atoms with Crippen molar-refractivity contribution in [3.63, 3.8) is 0 Å². The van der Waals surface area contributed by atoms with Crippen molar-refractivity contribution in [1.29, 1.82) is 5.26 Å². The molecule has 0 aliphatic rings. The third-order valence-electron chi connectivity index (χ3n) is 3.06. The number of aromatic nitrogens is 1. The maximum atomic E-state index is 11.9. The molecule has 118 valence electrons. The first-order valence-electron chi connectivity index (χ1n) is 6.61. The molecule has 0 N–H and O–H groups in total. The molecule has 0 bridgehead atoms. The van der Waals surface area contributed by atoms with E-state index in [-0.39, 0.29) is 24.4 Å². The van der Waals surface area contributed by atoms with E-state index in [1.807, 2.05) is 0 Å². The molecule has 8 nitrogen and oxygen atoms in total. The summed E-state index contributed by atoms with van der Waals surface area (Å²) in [7, 11) is 1.55. The molecule has 0 aliphatic heterocycles. The van der Waals surface area contributed by atoms with Crippen molar-refractivity contribution in [3.8, 4) is 17.6 Å². The lowest BCUT2D eigenvalue weighted by Crippen LogP contribution is -2.25. The summed E-state index contributed by atoms with van der Waals surface area (Å²) in [5, 5.41) is 19.7. The molecule has 2 aromatic rings. The maximum Gasteiger partial charge on any atom is 0.287 e. The van der Waals surface area contributed by atoms with Gasteiger partial charge in [-0.05, 0) is 24.3 Å². The molecule has 0 aliphatic carbocycles. The molecule has 0 amide bonds. The van der Waals surface area contributed by atoms with Crippen LogP contribution >= 0.6 is 0 Å². The first-order valence-corrected chi connectivity index (χ1v) is 6.61. The molecule has 8 heteroatoms. The van der Waals surface area contributed by atoms with Gasteiger partial charge in [0.1, 0.15) is 29.7 Å². The Hall–Kier alpha value is -3.34. The molecule has 0 unspecified atom stereocenters. The Morgan fingerprint density at radius 1 is 1.30 bits per heavy atom. The number of benzene rings is 1. The zero-order valence-electron chi connectivity index (χ0n) is 12.3. The number of nitro groups is 1. The minimum Gasteiger partial charge on any atom is -0.497 e. The average Bonchev–Trinajstić information content (AvgIpc) is 2.56. The number of ether oxygens (including phenoxy) is 2. The molecule has 1 aromatic heterocycles. The predicted octanol–water partition coefficient (Wildman–Crippen LogP) is 1.72. The molecule has 1 heterocycles. The third-order valence-corrected chi connectivity index (χ3v) is 3.06. The highest BCUT2D eigenvalue weighted by molar-refractivity contribution is 5.37. The standard InChI is InChI=1S/C15H13N3O5/c1-22-13-2-4-14(5-3-13)23-7-6-17-10-12(18(20)21)8-11(9-16)15(17)19/h2-5,8,10H,6-7H2,1H3. The fourth-order valence-corrected chi connectivity index (χ4v) is 1.90. The van der Waals surface area contributed by atoms with Crippen LogP contribution in [0.4, 0.5) is 5.69 Å². The highest BCUT2D eigenvalue weighted by Gasteiger charge is 2.13. The van der Waals surface area contributed by atoms with E-state index < -0.39 is 10.5 Å². The Kier molecular flexibility index (Phi) is 4.94. The summed E-state index contributed by atoms with van der Waals surface area (Å²) < 4.78 is 11.6. The second-order valence-corrected chi connectivity index (χ2v) is 4.50. The van der Waals surface area contributed by atoms with E-state index in [0.717, 1.165) is 16.8 Å². The molecule has 0 atom stereocenters. The van der Waals surface area contributed by atoms with Crippen molar-refractivity contribution < 1.29 is 14.4 Å². The van der Waals surface area contributed by atoms with Crippen molar-refractivity contribution in [3.05, 3.63) is 62.6 Å². The summed E-state index contributed by atoms with van der Waals surface area (Å²) in [6.07, 6.45) is 1.10. The number of pyridine rings is 1. The number of nitrogens with zero attached hydrogens (tertiary/aromatic N) is 3. The predicted molar refractivity (Wildman–Crippen MR) is 80.6 cm³/mol. The van der Waals surface area contributed by atoms with Crippen molar-refractivity contribution in [2.24, 2.45) is 0 Å². The van der Waals surface area contributed by atoms with E-state index in [9.17, 15) is 14.9 Å². The molecule has 0 radical (unpaired) electrons. The molecule has 2 rings (SSSR count). The number of hydrogen-bond acceptors (Lipinski definition) is 6. The summed E-state index contributed by atoms with van der Waals surface area (Å²) in [6.45, 7) is 0.208. The summed E-state index contributed by atoms with van der Waals surface area (Å²) >= 11 is 0. The maximum absolute atomic E-state index is 11.9. The quantitative estimate of drug-likeness (QED) is 0.593. The van der Waals surface area contributed by atoms with Crippen LogP contribution in [0.15, 0.2) is 41.3 Å². The zero-order chi connectivity index (χ0) is 16.8. The summed E-state index contributed by atoms with van der Waals surface area (Å²) in [5.41, 5.74) is -1.18. The van der Waals surface area contributed by atoms with Crippen LogP contribution in [0, 0.1) is 21.4 Å². The van der Waals surface area contributed by atoms with Crippen LogP contribution in [0.1, 0.15) is 5.56 Å². The van der Waals surface area contributed by atoms with Gasteiger partial charge in [0.15, 0.2) is 0 Å². The molecular formula is C15H13N3O5. The first kappa shape index (κ1) is 16.0. The van der Waals surface area contributed by atoms with Gasteiger partial charge < -0.3 is 14.0 Å². The van der Waals surface area contributed by atoms with Crippen LogP contribution in [0.2, 0.25) is 0 Å². The minimum atomic E-state index is -0.652. The molecule has 0 spiro atoms. The first-order chi connectivity index (χ1) is 11.0. The van der Waals surface area contributed by atoms with E-state index in [1.54, 1.807) is 37.4 Å². The van der Waals surface area contributed by atoms with Gasteiger partial charge in [0, 0.05) is 6.07 Å². The number of hydrogen-bond donors (Lipinski definition) is 0. The van der Waals surface area contributed by atoms with E-state index >= 15 is 0 Å². The normalized spacial score (nSPS) is 9.91. The zero-order valence-corrected chi connectivity index (χ0v) is 12.3. The number of nitriles is 1. The lowest BCUT2D eigenvalue weighted by Gasteiger charge is -2.09. The highest BCUT2D eigenvalue weighted by Crippen LogP contribution is 2.17. The fraction of sp³-hybridized carbons (Fsp3) is 0.200. The van der Waals surface area contributed by atoms with Crippen LogP contribution in [-0.2, 0) is 6.54 Å². The number of rotatable bonds is 6. The van der Waals surface area contributed by atoms with Gasteiger partial charge in [-0.1, -0.05) is 0 Å². The summed E-state index contributed by atoms with van der Waals surface area (Å²) in [4.78, 5) is 22.1. The highest BCUT2D eigenvalue weighted by atomic mass is 16.6. The Bertz CT molecular complexity index is 805. The topological polar surface area (TPSA) is 107 Å². The lowest BCUT2D eigenvalue weighted by atomic mass is 10.2. The van der Waals surface area contributed by atoms with E-state index in [4.69, 9.17) is 14.7 Å². The molecular weight excluding hydrogens is 302 g/mol. The minimum absolute atomic E-state index is 0.0845. The molecule has 0 saturated carbocycles. The Balaban J connectivity index is 2.10. The monoisotopic (exact) mass is 315 g/mol. The van der Waals surface area contributed by atoms with Crippen molar-refractivity contribution >= 4 is 5.69 Å². The lowest BCUT2D eigenvalue weighted by molar-refractivity contribution is -0.385. The second-order valence-electron chi connectivity index (χ2n) is 4.50. The van der Waals surface area contributed by atoms with Gasteiger partial charge >= 0.3 is 0 Å². The SMILES string of the molecule is COc1ccc(OCCn2cc([N+](=O)[O-])cc(C#N)c2=O)cc1. The van der Waals surface area contributed by atoms with Crippen LogP contribution in [0.5, 0.6) is 11.5 Å². The Labute approximate surface area is 131 Å². The van der Waals surface area contributed by atoms with Crippen molar-refractivity contribution in [2.45, 2.75) is 6.54 Å². The van der Waals surface area contributed by atoms with Gasteiger partial charge in [-0.2, -0.15) is 5.26 Å². The molecule has 23 heavy (non-hydrogen) atoms. The van der Waals surface area contributed by atoms with Crippen molar-refractivity contribution in [1.82, 2.24) is 4.57 Å².